The van der Waals surface area contributed by atoms with Gasteiger partial charge in [-0.3, -0.25) is 0 Å². The highest BCUT2D eigenvalue weighted by Gasteiger charge is 2.36. The molecule has 1 aliphatic rings. The van der Waals surface area contributed by atoms with Crippen molar-refractivity contribution in [2.45, 2.75) is 39.3 Å². The topological polar surface area (TPSA) is 17.1 Å². The van der Waals surface area contributed by atoms with E-state index in [-0.39, 0.29) is 5.66 Å². The quantitative estimate of drug-likeness (QED) is 0.374. The third-order valence-electron chi connectivity index (χ3n) is 6.74. The summed E-state index contributed by atoms with van der Waals surface area (Å²) >= 11 is 0. The third kappa shape index (κ3) is 4.59. The number of benzene rings is 3. The second kappa shape index (κ2) is 10.1. The minimum atomic E-state index is -0.396. The number of rotatable bonds is 4. The summed E-state index contributed by atoms with van der Waals surface area (Å²) in [4.78, 5) is 0. The van der Waals surface area contributed by atoms with Gasteiger partial charge in [-0.25, -0.2) is 0 Å². The van der Waals surface area contributed by atoms with Gasteiger partial charge in [0.05, 0.1) is 0 Å². The van der Waals surface area contributed by atoms with Crippen molar-refractivity contribution in [1.29, 1.82) is 0 Å². The van der Waals surface area contributed by atoms with Crippen LogP contribution >= 0.6 is 8.46 Å². The van der Waals surface area contributed by atoms with E-state index in [4.69, 9.17) is 0 Å². The van der Waals surface area contributed by atoms with Crippen molar-refractivity contribution in [3.05, 3.63) is 124 Å². The largest absolute Gasteiger partial charge is 0.336 e. The molecule has 0 bridgehead atoms. The third-order valence-corrected chi connectivity index (χ3v) is 7.67. The number of allylic oxidation sites excluding steroid dienone is 6. The van der Waals surface area contributed by atoms with E-state index in [2.05, 4.69) is 99.6 Å². The SMILES string of the molecule is CC(=C1CC(=C(C)c2ccccc2)C([PH+]=O)C(=C(C)c2ccccc2)C1)c1ccccc1. The Morgan fingerprint density at radius 2 is 0.938 bits per heavy atom. The Morgan fingerprint density at radius 3 is 1.28 bits per heavy atom. The summed E-state index contributed by atoms with van der Waals surface area (Å²) in [6, 6.07) is 31.7. The number of hydrogen-bond donors (Lipinski definition) is 0. The van der Waals surface area contributed by atoms with Gasteiger partial charge in [0.1, 0.15) is 0 Å². The maximum Gasteiger partial charge on any atom is 0.336 e. The zero-order chi connectivity index (χ0) is 22.5. The molecule has 1 unspecified atom stereocenters. The van der Waals surface area contributed by atoms with Crippen LogP contribution in [0.5, 0.6) is 0 Å². The zero-order valence-corrected chi connectivity index (χ0v) is 20.1. The molecule has 1 saturated carbocycles. The molecule has 0 radical (unpaired) electrons. The van der Waals surface area contributed by atoms with Crippen molar-refractivity contribution in [1.82, 2.24) is 0 Å². The van der Waals surface area contributed by atoms with Crippen LogP contribution in [0.15, 0.2) is 108 Å². The molecule has 4 rings (SSSR count). The molecule has 0 aliphatic heterocycles. The molecule has 1 nitrogen and oxygen atoms in total. The molecule has 0 spiro atoms. The maximum absolute atomic E-state index is 12.7. The molecular formula is C30H30OP+. The van der Waals surface area contributed by atoms with E-state index in [1.54, 1.807) is 0 Å². The highest BCUT2D eigenvalue weighted by Crippen LogP contribution is 2.46. The van der Waals surface area contributed by atoms with Gasteiger partial charge in [-0.1, -0.05) is 101 Å². The van der Waals surface area contributed by atoms with E-state index in [1.807, 2.05) is 12.1 Å². The Kier molecular flexibility index (Phi) is 6.98. The van der Waals surface area contributed by atoms with Gasteiger partial charge in [-0.2, -0.15) is 0 Å². The molecule has 1 atom stereocenters. The molecule has 1 aliphatic carbocycles. The number of hydrogen-bond acceptors (Lipinski definition) is 1. The van der Waals surface area contributed by atoms with Gasteiger partial charge in [0.25, 0.3) is 0 Å². The second-order valence-electron chi connectivity index (χ2n) is 8.53. The molecule has 0 saturated heterocycles. The first-order chi connectivity index (χ1) is 15.6. The van der Waals surface area contributed by atoms with Crippen molar-refractivity contribution in [3.8, 4) is 0 Å². The molecule has 0 amide bonds. The molecule has 32 heavy (non-hydrogen) atoms. The van der Waals surface area contributed by atoms with Crippen LogP contribution in [0.2, 0.25) is 0 Å². The Balaban J connectivity index is 1.93. The van der Waals surface area contributed by atoms with Gasteiger partial charge in [0.2, 0.25) is 0 Å². The van der Waals surface area contributed by atoms with E-state index in [0.29, 0.717) is 0 Å². The minimum absolute atomic E-state index is 0.0391. The van der Waals surface area contributed by atoms with Crippen LogP contribution in [-0.2, 0) is 4.57 Å². The first kappa shape index (κ1) is 22.2. The fourth-order valence-electron chi connectivity index (χ4n) is 4.68. The van der Waals surface area contributed by atoms with Crippen LogP contribution in [0.1, 0.15) is 50.3 Å². The average molecular weight is 438 g/mol. The van der Waals surface area contributed by atoms with Crippen LogP contribution in [0.3, 0.4) is 0 Å². The molecular weight excluding hydrogens is 407 g/mol. The van der Waals surface area contributed by atoms with E-state index >= 15 is 0 Å². The fraction of sp³-hybridized carbons (Fsp3) is 0.200. The van der Waals surface area contributed by atoms with E-state index in [0.717, 1.165) is 12.8 Å². The lowest BCUT2D eigenvalue weighted by atomic mass is 9.77. The lowest BCUT2D eigenvalue weighted by molar-refractivity contribution is 0.594. The van der Waals surface area contributed by atoms with Gasteiger partial charge in [-0.05, 0) is 78.2 Å². The van der Waals surface area contributed by atoms with Gasteiger partial charge in [0, 0.05) is 0 Å². The van der Waals surface area contributed by atoms with Crippen LogP contribution in [-0.4, -0.2) is 5.66 Å². The van der Waals surface area contributed by atoms with Crippen LogP contribution in [0, 0.1) is 0 Å². The summed E-state index contributed by atoms with van der Waals surface area (Å²) in [5, 5.41) is 0. The van der Waals surface area contributed by atoms with Crippen LogP contribution in [0.25, 0.3) is 16.7 Å². The van der Waals surface area contributed by atoms with Crippen molar-refractivity contribution >= 4 is 25.2 Å². The normalized spacial score (nSPS) is 19.6. The van der Waals surface area contributed by atoms with Crippen molar-refractivity contribution in [3.63, 3.8) is 0 Å². The Bertz CT molecular complexity index is 1120. The zero-order valence-electron chi connectivity index (χ0n) is 19.1. The van der Waals surface area contributed by atoms with E-state index in [9.17, 15) is 4.57 Å². The first-order valence-electron chi connectivity index (χ1n) is 11.2. The molecule has 3 aromatic carbocycles. The predicted molar refractivity (Wildman–Crippen MR) is 139 cm³/mol. The molecule has 3 aromatic rings. The summed E-state index contributed by atoms with van der Waals surface area (Å²) in [6.45, 7) is 6.61. The van der Waals surface area contributed by atoms with Crippen LogP contribution in [0.4, 0.5) is 0 Å². The molecule has 0 heterocycles. The minimum Gasteiger partial charge on any atom is -0.0764 e. The molecule has 160 valence electrons. The molecule has 0 aromatic heterocycles. The average Bonchev–Trinajstić information content (AvgIpc) is 2.88. The summed E-state index contributed by atoms with van der Waals surface area (Å²) < 4.78 is 12.7. The Morgan fingerprint density at radius 1 is 0.594 bits per heavy atom. The van der Waals surface area contributed by atoms with E-state index < -0.39 is 8.46 Å². The fourth-order valence-corrected chi connectivity index (χ4v) is 5.60. The van der Waals surface area contributed by atoms with Gasteiger partial charge in [-0.15, -0.1) is 0 Å². The standard InChI is InChI=1S/C30H29OP/c1-21(24-13-7-4-8-14-24)27-19-28(22(2)25-15-9-5-10-16-25)30(32-31)29(20-27)23(3)26-17-11-6-12-18-26/h4-18,30H,19-20H2,1-3H3/p+1. The van der Waals surface area contributed by atoms with Gasteiger partial charge in [0.15, 0.2) is 5.66 Å². The van der Waals surface area contributed by atoms with Crippen molar-refractivity contribution in [2.75, 3.05) is 0 Å². The highest BCUT2D eigenvalue weighted by atomic mass is 31.1. The van der Waals surface area contributed by atoms with Crippen molar-refractivity contribution in [2.24, 2.45) is 0 Å². The van der Waals surface area contributed by atoms with E-state index in [1.165, 1.54) is 50.1 Å². The summed E-state index contributed by atoms with van der Waals surface area (Å²) in [5.41, 5.74) is 11.4. The lowest BCUT2D eigenvalue weighted by Gasteiger charge is -2.28. The summed E-state index contributed by atoms with van der Waals surface area (Å²) in [5.74, 6) is 0. The summed E-state index contributed by atoms with van der Waals surface area (Å²) in [7, 11) is -0.396. The van der Waals surface area contributed by atoms with Crippen molar-refractivity contribution < 1.29 is 4.57 Å². The first-order valence-corrected chi connectivity index (χ1v) is 12.2. The molecule has 0 N–H and O–H groups in total. The summed E-state index contributed by atoms with van der Waals surface area (Å²) in [6.07, 6.45) is 1.74. The lowest BCUT2D eigenvalue weighted by Crippen LogP contribution is -2.18. The van der Waals surface area contributed by atoms with Crippen LogP contribution < -0.4 is 0 Å². The Hall–Kier alpha value is -3.02. The van der Waals surface area contributed by atoms with Gasteiger partial charge < -0.3 is 0 Å². The Labute approximate surface area is 193 Å². The highest BCUT2D eigenvalue weighted by molar-refractivity contribution is 7.25. The second-order valence-corrected chi connectivity index (χ2v) is 9.34. The maximum atomic E-state index is 12.7. The molecule has 1 fully saturated rings. The van der Waals surface area contributed by atoms with Gasteiger partial charge >= 0.3 is 8.46 Å². The molecule has 2 heteroatoms. The monoisotopic (exact) mass is 437 g/mol. The smallest absolute Gasteiger partial charge is 0.0764 e. The predicted octanol–water partition coefficient (Wildman–Crippen LogP) is 8.59.